The van der Waals surface area contributed by atoms with Crippen LogP contribution in [0.15, 0.2) is 11.6 Å². The maximum absolute atomic E-state index is 12.4. The molecule has 26 heavy (non-hydrogen) atoms. The van der Waals surface area contributed by atoms with E-state index in [4.69, 9.17) is 0 Å². The second-order valence-electron chi connectivity index (χ2n) is 10.1. The van der Waals surface area contributed by atoms with Gasteiger partial charge in [-0.1, -0.05) is 26.3 Å². The van der Waals surface area contributed by atoms with Crippen molar-refractivity contribution in [3.8, 4) is 0 Å². The van der Waals surface area contributed by atoms with E-state index in [-0.39, 0.29) is 29.1 Å². The Morgan fingerprint density at radius 1 is 1.19 bits per heavy atom. The number of hydrogen-bond acceptors (Lipinski definition) is 3. The van der Waals surface area contributed by atoms with Gasteiger partial charge in [-0.2, -0.15) is 0 Å². The molecule has 3 nitrogen and oxygen atoms in total. The van der Waals surface area contributed by atoms with Crippen molar-refractivity contribution >= 4 is 11.6 Å². The van der Waals surface area contributed by atoms with Crippen molar-refractivity contribution in [2.24, 2.45) is 40.4 Å². The SMILES string of the molecule is CC[C@]12CC[C@H]3[C@@H](CCC4=CC(=O)C(C)(C)C[C@@H]43)[C@@H]1CC[C@@H]2C(=O)CO. The lowest BCUT2D eigenvalue weighted by molar-refractivity contribution is -0.134. The summed E-state index contributed by atoms with van der Waals surface area (Å²) >= 11 is 0. The number of Topliss-reactive ketones (excluding diaryl/α,β-unsaturated/α-hetero) is 1. The summed E-state index contributed by atoms with van der Waals surface area (Å²) in [6.45, 7) is 6.18. The van der Waals surface area contributed by atoms with Gasteiger partial charge in [0.15, 0.2) is 11.6 Å². The predicted octanol–water partition coefficient (Wildman–Crippen LogP) is 4.33. The van der Waals surface area contributed by atoms with E-state index >= 15 is 0 Å². The zero-order valence-corrected chi connectivity index (χ0v) is 16.6. The lowest BCUT2D eigenvalue weighted by Gasteiger charge is -2.55. The molecule has 1 N–H and O–H groups in total. The smallest absolute Gasteiger partial charge is 0.161 e. The van der Waals surface area contributed by atoms with Crippen LogP contribution in [0, 0.1) is 40.4 Å². The summed E-state index contributed by atoms with van der Waals surface area (Å²) in [6.07, 6.45) is 10.8. The van der Waals surface area contributed by atoms with Crippen molar-refractivity contribution in [3.05, 3.63) is 11.6 Å². The molecule has 3 fully saturated rings. The second kappa shape index (κ2) is 6.29. The molecule has 0 aromatic heterocycles. The molecule has 4 aliphatic rings. The highest BCUT2D eigenvalue weighted by Gasteiger charge is 2.59. The van der Waals surface area contributed by atoms with Crippen molar-refractivity contribution in [2.75, 3.05) is 6.61 Å². The van der Waals surface area contributed by atoms with E-state index in [2.05, 4.69) is 20.8 Å². The number of allylic oxidation sites excluding steroid dienone is 1. The second-order valence-corrected chi connectivity index (χ2v) is 10.1. The Balaban J connectivity index is 1.64. The summed E-state index contributed by atoms with van der Waals surface area (Å²) < 4.78 is 0. The van der Waals surface area contributed by atoms with Crippen LogP contribution in [0.2, 0.25) is 0 Å². The minimum Gasteiger partial charge on any atom is -0.389 e. The van der Waals surface area contributed by atoms with Crippen LogP contribution in [0.1, 0.15) is 72.1 Å². The molecule has 0 aliphatic heterocycles. The van der Waals surface area contributed by atoms with Crippen LogP contribution in [-0.4, -0.2) is 23.3 Å². The van der Waals surface area contributed by atoms with Gasteiger partial charge in [0.1, 0.15) is 6.61 Å². The van der Waals surface area contributed by atoms with E-state index in [1.165, 1.54) is 18.4 Å². The fraction of sp³-hybridized carbons (Fsp3) is 0.826. The molecule has 144 valence electrons. The number of aliphatic hydroxyl groups excluding tert-OH is 1. The van der Waals surface area contributed by atoms with Crippen molar-refractivity contribution in [1.82, 2.24) is 0 Å². The number of rotatable bonds is 3. The molecular weight excluding hydrogens is 324 g/mol. The number of carbonyl (C=O) groups is 2. The molecule has 6 atom stereocenters. The molecule has 0 unspecified atom stereocenters. The van der Waals surface area contributed by atoms with Crippen LogP contribution in [-0.2, 0) is 9.59 Å². The molecule has 0 heterocycles. The van der Waals surface area contributed by atoms with Crippen LogP contribution < -0.4 is 0 Å². The molecule has 4 aliphatic carbocycles. The van der Waals surface area contributed by atoms with Crippen LogP contribution >= 0.6 is 0 Å². The Morgan fingerprint density at radius 2 is 1.96 bits per heavy atom. The Kier molecular flexibility index (Phi) is 4.45. The minimum absolute atomic E-state index is 0.0739. The molecule has 0 amide bonds. The first-order valence-corrected chi connectivity index (χ1v) is 10.7. The number of aliphatic hydroxyl groups is 1. The van der Waals surface area contributed by atoms with Crippen LogP contribution in [0.5, 0.6) is 0 Å². The van der Waals surface area contributed by atoms with Gasteiger partial charge in [-0.3, -0.25) is 9.59 Å². The molecular formula is C23H34O3. The predicted molar refractivity (Wildman–Crippen MR) is 101 cm³/mol. The van der Waals surface area contributed by atoms with E-state index in [1.54, 1.807) is 0 Å². The first-order valence-electron chi connectivity index (χ1n) is 10.7. The highest BCUT2D eigenvalue weighted by atomic mass is 16.3. The quantitative estimate of drug-likeness (QED) is 0.817. The highest BCUT2D eigenvalue weighted by Crippen LogP contribution is 2.65. The largest absolute Gasteiger partial charge is 0.389 e. The van der Waals surface area contributed by atoms with Crippen LogP contribution in [0.3, 0.4) is 0 Å². The number of carbonyl (C=O) groups excluding carboxylic acids is 2. The van der Waals surface area contributed by atoms with E-state index in [0.717, 1.165) is 38.5 Å². The Bertz CT molecular complexity index is 646. The van der Waals surface area contributed by atoms with Gasteiger partial charge in [-0.15, -0.1) is 0 Å². The molecule has 0 spiro atoms. The van der Waals surface area contributed by atoms with E-state index in [9.17, 15) is 14.7 Å². The van der Waals surface area contributed by atoms with Crippen LogP contribution in [0.4, 0.5) is 0 Å². The van der Waals surface area contributed by atoms with Gasteiger partial charge < -0.3 is 5.11 Å². The van der Waals surface area contributed by atoms with E-state index in [0.29, 0.717) is 29.5 Å². The zero-order chi connectivity index (χ0) is 18.7. The maximum atomic E-state index is 12.4. The summed E-state index contributed by atoms with van der Waals surface area (Å²) in [5, 5.41) is 9.48. The monoisotopic (exact) mass is 358 g/mol. The lowest BCUT2D eigenvalue weighted by Crippen LogP contribution is -2.50. The Morgan fingerprint density at radius 3 is 2.65 bits per heavy atom. The average Bonchev–Trinajstić information content (AvgIpc) is 3.02. The summed E-state index contributed by atoms with van der Waals surface area (Å²) in [6, 6.07) is 0. The highest BCUT2D eigenvalue weighted by molar-refractivity contribution is 5.96. The first kappa shape index (κ1) is 18.4. The van der Waals surface area contributed by atoms with Crippen molar-refractivity contribution in [1.29, 1.82) is 0 Å². The molecule has 0 aromatic carbocycles. The Hall–Kier alpha value is -0.960. The molecule has 0 radical (unpaired) electrons. The van der Waals surface area contributed by atoms with E-state index < -0.39 is 0 Å². The van der Waals surface area contributed by atoms with Crippen molar-refractivity contribution in [2.45, 2.75) is 72.1 Å². The van der Waals surface area contributed by atoms with Gasteiger partial charge in [0.25, 0.3) is 0 Å². The van der Waals surface area contributed by atoms with Gasteiger partial charge >= 0.3 is 0 Å². The van der Waals surface area contributed by atoms with E-state index in [1.807, 2.05) is 6.08 Å². The first-order chi connectivity index (χ1) is 12.3. The summed E-state index contributed by atoms with van der Waals surface area (Å²) in [4.78, 5) is 24.9. The van der Waals surface area contributed by atoms with Crippen molar-refractivity contribution in [3.63, 3.8) is 0 Å². The molecule has 0 aromatic rings. The van der Waals surface area contributed by atoms with Crippen molar-refractivity contribution < 1.29 is 14.7 Å². The maximum Gasteiger partial charge on any atom is 0.161 e. The molecule has 3 saturated carbocycles. The fourth-order valence-electron chi connectivity index (χ4n) is 7.59. The topological polar surface area (TPSA) is 54.4 Å². The van der Waals surface area contributed by atoms with Gasteiger partial charge in [-0.25, -0.2) is 0 Å². The number of ketones is 2. The van der Waals surface area contributed by atoms with Crippen LogP contribution in [0.25, 0.3) is 0 Å². The molecule has 0 bridgehead atoms. The number of fused-ring (bicyclic) bond motifs is 5. The third-order valence-electron chi connectivity index (χ3n) is 8.88. The zero-order valence-electron chi connectivity index (χ0n) is 16.6. The summed E-state index contributed by atoms with van der Waals surface area (Å²) in [5.74, 6) is 3.06. The molecule has 4 rings (SSSR count). The minimum atomic E-state index is -0.293. The summed E-state index contributed by atoms with van der Waals surface area (Å²) in [5.41, 5.74) is 1.32. The Labute approximate surface area is 157 Å². The van der Waals surface area contributed by atoms with Gasteiger partial charge in [0, 0.05) is 11.3 Å². The van der Waals surface area contributed by atoms with Gasteiger partial charge in [0.2, 0.25) is 0 Å². The standard InChI is InChI=1S/C23H34O3/c1-4-23-10-9-15-16(18(23)7-8-19(23)20(25)13-24)6-5-14-11-21(26)22(2,3)12-17(14)15/h11,15-19,24H,4-10,12-13H2,1-3H3/t15-,16+,17-,18-,19+,23-/m0/s1. The van der Waals surface area contributed by atoms with Gasteiger partial charge in [0.05, 0.1) is 0 Å². The normalized spacial score (nSPS) is 43.9. The lowest BCUT2D eigenvalue weighted by atomic mass is 9.49. The third-order valence-corrected chi connectivity index (χ3v) is 8.88. The van der Waals surface area contributed by atoms with Gasteiger partial charge in [-0.05, 0) is 86.5 Å². The third kappa shape index (κ3) is 2.49. The number of hydrogen-bond donors (Lipinski definition) is 1. The molecule has 3 heteroatoms. The average molecular weight is 359 g/mol. The molecule has 0 saturated heterocycles. The summed E-state index contributed by atoms with van der Waals surface area (Å²) in [7, 11) is 0. The fourth-order valence-corrected chi connectivity index (χ4v) is 7.59.